The molecule has 0 radical (unpaired) electrons. The monoisotopic (exact) mass is 540 g/mol. The quantitative estimate of drug-likeness (QED) is 0.551. The number of piperidine rings is 1. The van der Waals surface area contributed by atoms with Crippen LogP contribution in [0.2, 0.25) is 0 Å². The molecular weight excluding hydrogens is 505 g/mol. The molecule has 0 aromatic heterocycles. The minimum atomic E-state index is -4.42. The van der Waals surface area contributed by atoms with E-state index in [-0.39, 0.29) is 6.04 Å². The average Bonchev–Trinajstić information content (AvgIpc) is 3.74. The number of benzene rings is 2. The van der Waals surface area contributed by atoms with E-state index in [2.05, 4.69) is 22.8 Å². The number of hydrogen-bond acceptors (Lipinski definition) is 4. The number of rotatable bonds is 5. The fourth-order valence-corrected chi connectivity index (χ4v) is 6.43. The van der Waals surface area contributed by atoms with Gasteiger partial charge in [-0.1, -0.05) is 18.1 Å². The first-order chi connectivity index (χ1) is 18.5. The number of fused-ring (bicyclic) bond motifs is 1. The van der Waals surface area contributed by atoms with Gasteiger partial charge in [0.25, 0.3) is 5.91 Å². The summed E-state index contributed by atoms with van der Waals surface area (Å²) in [6, 6.07) is 12.3. The van der Waals surface area contributed by atoms with E-state index in [9.17, 15) is 23.1 Å². The Balaban J connectivity index is 1.37. The summed E-state index contributed by atoms with van der Waals surface area (Å²) in [4.78, 5) is 17.1. The Kier molecular flexibility index (Phi) is 7.43. The van der Waals surface area contributed by atoms with Crippen molar-refractivity contribution in [2.24, 2.45) is 5.92 Å². The molecule has 0 bridgehead atoms. The first-order valence-corrected chi connectivity index (χ1v) is 13.6. The Morgan fingerprint density at radius 1 is 1.15 bits per heavy atom. The second kappa shape index (κ2) is 10.5. The predicted molar refractivity (Wildman–Crippen MR) is 142 cm³/mol. The zero-order valence-electron chi connectivity index (χ0n) is 22.4. The number of carbonyl (C=O) groups is 1. The van der Waals surface area contributed by atoms with Crippen LogP contribution in [0.5, 0.6) is 5.75 Å². The number of ether oxygens (including phenoxy) is 1. The average molecular weight is 541 g/mol. The maximum absolute atomic E-state index is 13.1. The lowest BCUT2D eigenvalue weighted by Crippen LogP contribution is -2.67. The molecule has 3 aliphatic rings. The summed E-state index contributed by atoms with van der Waals surface area (Å²) in [6.07, 6.45) is 0.676. The predicted octanol–water partition coefficient (Wildman–Crippen LogP) is 4.86. The van der Waals surface area contributed by atoms with Crippen molar-refractivity contribution in [2.45, 2.75) is 61.8 Å². The molecule has 2 saturated carbocycles. The number of nitrogens with zero attached hydrogens (tertiary/aromatic N) is 2. The van der Waals surface area contributed by atoms with E-state index in [1.165, 1.54) is 25.0 Å². The molecule has 5 rings (SSSR count). The van der Waals surface area contributed by atoms with Crippen LogP contribution in [0.4, 0.5) is 13.2 Å². The summed E-state index contributed by atoms with van der Waals surface area (Å²) in [7, 11) is 3.35. The lowest BCUT2D eigenvalue weighted by Gasteiger charge is -2.59. The van der Waals surface area contributed by atoms with E-state index in [1.54, 1.807) is 19.1 Å². The van der Waals surface area contributed by atoms with Gasteiger partial charge in [-0.25, -0.2) is 0 Å². The van der Waals surface area contributed by atoms with Gasteiger partial charge in [-0.15, -0.1) is 0 Å². The third kappa shape index (κ3) is 5.66. The van der Waals surface area contributed by atoms with Crippen molar-refractivity contribution in [1.29, 1.82) is 0 Å². The zero-order valence-corrected chi connectivity index (χ0v) is 22.4. The van der Waals surface area contributed by atoms with E-state index in [4.69, 9.17) is 4.74 Å². The number of amides is 1. The summed E-state index contributed by atoms with van der Waals surface area (Å²) in [5.74, 6) is 6.40. The van der Waals surface area contributed by atoms with E-state index in [0.29, 0.717) is 31.4 Å². The minimum absolute atomic E-state index is 0.138. The molecule has 2 aromatic rings. The lowest BCUT2D eigenvalue weighted by molar-refractivity contribution is -0.144. The fourth-order valence-electron chi connectivity index (χ4n) is 6.43. The molecular formula is C31H35F3N2O3. The van der Waals surface area contributed by atoms with Crippen LogP contribution in [-0.2, 0) is 16.4 Å². The van der Waals surface area contributed by atoms with Crippen LogP contribution in [0.15, 0.2) is 48.5 Å². The third-order valence-electron chi connectivity index (χ3n) is 8.94. The lowest BCUT2D eigenvalue weighted by atomic mass is 9.55. The van der Waals surface area contributed by atoms with Crippen molar-refractivity contribution in [2.75, 3.05) is 33.8 Å². The highest BCUT2D eigenvalue weighted by atomic mass is 19.4. The van der Waals surface area contributed by atoms with E-state index in [0.717, 1.165) is 48.9 Å². The summed E-state index contributed by atoms with van der Waals surface area (Å²) in [6.45, 7) is 2.52. The first-order valence-electron chi connectivity index (χ1n) is 13.6. The number of β-amino-alcohol motifs (C(OH)–C–C–N with tert-alkyl or cyclic N) is 1. The second-order valence-corrected chi connectivity index (χ2v) is 11.4. The van der Waals surface area contributed by atoms with Crippen molar-refractivity contribution in [1.82, 2.24) is 9.80 Å². The van der Waals surface area contributed by atoms with Crippen molar-refractivity contribution >= 4 is 5.91 Å². The van der Waals surface area contributed by atoms with Crippen LogP contribution >= 0.6 is 0 Å². The van der Waals surface area contributed by atoms with Crippen molar-refractivity contribution in [3.05, 3.63) is 65.2 Å². The second-order valence-electron chi connectivity index (χ2n) is 11.4. The molecule has 5 nitrogen and oxygen atoms in total. The Morgan fingerprint density at radius 3 is 2.56 bits per heavy atom. The van der Waals surface area contributed by atoms with Crippen molar-refractivity contribution in [3.8, 4) is 17.6 Å². The van der Waals surface area contributed by atoms with Crippen LogP contribution in [0.25, 0.3) is 0 Å². The smallest absolute Gasteiger partial charge is 0.416 e. The molecule has 39 heavy (non-hydrogen) atoms. The molecule has 1 heterocycles. The standard InChI is InChI=1S/C31H35F3N2O3/c1-35(28(37)13-10-22-8-11-24(12-9-22)31(32,33)34)26-14-15-30(38)21-36(20-23-6-7-23)17-16-29(30,19-26)25-4-3-5-27(18-25)39-2/h3-5,8-9,11-12,18,23,26,38H,6-7,14-17,19-21H2,1-2H3/t26-,29-,30-/m0/s1. The molecule has 208 valence electrons. The molecule has 2 aliphatic carbocycles. The maximum Gasteiger partial charge on any atom is 0.416 e. The summed E-state index contributed by atoms with van der Waals surface area (Å²) in [5.41, 5.74) is -0.855. The molecule has 8 heteroatoms. The summed E-state index contributed by atoms with van der Waals surface area (Å²) in [5, 5.41) is 12.2. The van der Waals surface area contributed by atoms with Crippen LogP contribution in [0, 0.1) is 17.8 Å². The molecule has 2 aromatic carbocycles. The molecule has 0 spiro atoms. The molecule has 1 amide bonds. The normalized spacial score (nSPS) is 27.2. The highest BCUT2D eigenvalue weighted by Gasteiger charge is 2.58. The topological polar surface area (TPSA) is 53.0 Å². The highest BCUT2D eigenvalue weighted by molar-refractivity contribution is 5.94. The van der Waals surface area contributed by atoms with Crippen LogP contribution < -0.4 is 4.74 Å². The van der Waals surface area contributed by atoms with Gasteiger partial charge in [-0.2, -0.15) is 13.2 Å². The van der Waals surface area contributed by atoms with E-state index >= 15 is 0 Å². The van der Waals surface area contributed by atoms with Gasteiger partial charge in [0.05, 0.1) is 18.3 Å². The molecule has 0 unspecified atom stereocenters. The number of carbonyl (C=O) groups excluding carboxylic acids is 1. The minimum Gasteiger partial charge on any atom is -0.497 e. The van der Waals surface area contributed by atoms with Gasteiger partial charge in [0, 0.05) is 43.1 Å². The summed E-state index contributed by atoms with van der Waals surface area (Å²) < 4.78 is 44.0. The Morgan fingerprint density at radius 2 is 1.90 bits per heavy atom. The van der Waals surface area contributed by atoms with E-state index in [1.807, 2.05) is 18.2 Å². The van der Waals surface area contributed by atoms with Crippen LogP contribution in [0.1, 0.15) is 55.2 Å². The Bertz CT molecular complexity index is 1260. The number of methoxy groups -OCH3 is 1. The van der Waals surface area contributed by atoms with E-state index < -0.39 is 28.7 Å². The number of halogens is 3. The van der Waals surface area contributed by atoms with Gasteiger partial charge >= 0.3 is 6.18 Å². The summed E-state index contributed by atoms with van der Waals surface area (Å²) >= 11 is 0. The Labute approximate surface area is 227 Å². The van der Waals surface area contributed by atoms with Crippen LogP contribution in [-0.4, -0.2) is 66.2 Å². The largest absolute Gasteiger partial charge is 0.497 e. The maximum atomic E-state index is 13.1. The van der Waals surface area contributed by atoms with Gasteiger partial charge in [0.15, 0.2) is 0 Å². The number of alkyl halides is 3. The van der Waals surface area contributed by atoms with Gasteiger partial charge in [-0.3, -0.25) is 4.79 Å². The molecule has 3 atom stereocenters. The van der Waals surface area contributed by atoms with Gasteiger partial charge < -0.3 is 19.6 Å². The number of hydrogen-bond donors (Lipinski definition) is 1. The fraction of sp³-hybridized carbons (Fsp3) is 0.516. The molecule has 1 aliphatic heterocycles. The molecule has 1 N–H and O–H groups in total. The van der Waals surface area contributed by atoms with Gasteiger partial charge in [-0.05, 0) is 92.9 Å². The third-order valence-corrected chi connectivity index (χ3v) is 8.94. The van der Waals surface area contributed by atoms with Crippen molar-refractivity contribution < 1.29 is 27.8 Å². The number of likely N-dealkylation sites (tertiary alicyclic amines) is 1. The highest BCUT2D eigenvalue weighted by Crippen LogP contribution is 2.53. The zero-order chi connectivity index (χ0) is 27.8. The van der Waals surface area contributed by atoms with Crippen LogP contribution in [0.3, 0.4) is 0 Å². The van der Waals surface area contributed by atoms with Gasteiger partial charge in [0.2, 0.25) is 0 Å². The molecule has 3 fully saturated rings. The number of aliphatic hydroxyl groups is 1. The SMILES string of the molecule is COc1cccc([C@@]23CCN(CC4CC4)C[C@@]2(O)CC[C@H](N(C)C(=O)C#Cc2ccc(C(F)(F)F)cc2)C3)c1. The van der Waals surface area contributed by atoms with Crippen molar-refractivity contribution in [3.63, 3.8) is 0 Å². The first kappa shape index (κ1) is 27.5. The van der Waals surface area contributed by atoms with Gasteiger partial charge in [0.1, 0.15) is 5.75 Å². The Hall–Kier alpha value is -3.02. The molecule has 1 saturated heterocycles.